The van der Waals surface area contributed by atoms with Gasteiger partial charge in [0, 0.05) is 37.9 Å². The molecule has 1 aliphatic heterocycles. The average Bonchev–Trinajstić information content (AvgIpc) is 3.50. The molecule has 0 unspecified atom stereocenters. The number of carboxylic acids is 1. The zero-order valence-corrected chi connectivity index (χ0v) is 18.4. The van der Waals surface area contributed by atoms with Crippen LogP contribution in [0.2, 0.25) is 0 Å². The lowest BCUT2D eigenvalue weighted by Gasteiger charge is -2.39. The number of nitrogens with one attached hydrogen (secondary N) is 1. The highest BCUT2D eigenvalue weighted by atomic mass is 16.5. The summed E-state index contributed by atoms with van der Waals surface area (Å²) in [7, 11) is 0. The number of benzene rings is 2. The van der Waals surface area contributed by atoms with Crippen molar-refractivity contribution in [1.82, 2.24) is 10.2 Å². The van der Waals surface area contributed by atoms with Crippen molar-refractivity contribution in [3.8, 4) is 11.1 Å². The zero-order chi connectivity index (χ0) is 22.9. The van der Waals surface area contributed by atoms with Gasteiger partial charge in [-0.25, -0.2) is 4.79 Å². The maximum atomic E-state index is 12.5. The van der Waals surface area contributed by atoms with E-state index in [1.807, 2.05) is 29.2 Å². The summed E-state index contributed by atoms with van der Waals surface area (Å²) in [6, 6.07) is 16.4. The van der Waals surface area contributed by atoms with Crippen LogP contribution in [0.1, 0.15) is 36.3 Å². The molecule has 33 heavy (non-hydrogen) atoms. The summed E-state index contributed by atoms with van der Waals surface area (Å²) >= 11 is 0. The van der Waals surface area contributed by atoms with Gasteiger partial charge in [-0.15, -0.1) is 0 Å². The van der Waals surface area contributed by atoms with Gasteiger partial charge in [-0.05, 0) is 46.9 Å². The lowest BCUT2D eigenvalue weighted by molar-refractivity contribution is -0.140. The van der Waals surface area contributed by atoms with E-state index in [0.29, 0.717) is 32.0 Å². The molecule has 2 atom stereocenters. The first-order valence-electron chi connectivity index (χ1n) is 11.6. The van der Waals surface area contributed by atoms with Crippen LogP contribution in [0, 0.1) is 17.8 Å². The van der Waals surface area contributed by atoms with E-state index in [1.165, 1.54) is 22.3 Å². The third-order valence-corrected chi connectivity index (χ3v) is 7.13. The van der Waals surface area contributed by atoms with Gasteiger partial charge in [0.1, 0.15) is 6.61 Å². The Bertz CT molecular complexity index is 1030. The van der Waals surface area contributed by atoms with Gasteiger partial charge in [-0.1, -0.05) is 48.5 Å². The molecule has 0 radical (unpaired) electrons. The number of carbonyl (C=O) groups is 3. The van der Waals surface area contributed by atoms with E-state index >= 15 is 0 Å². The van der Waals surface area contributed by atoms with Crippen molar-refractivity contribution in [3.05, 3.63) is 59.7 Å². The van der Waals surface area contributed by atoms with Crippen molar-refractivity contribution in [2.24, 2.45) is 17.8 Å². The highest BCUT2D eigenvalue weighted by molar-refractivity contribution is 5.83. The van der Waals surface area contributed by atoms with Crippen LogP contribution in [-0.2, 0) is 14.3 Å². The third-order valence-electron chi connectivity index (χ3n) is 7.13. The summed E-state index contributed by atoms with van der Waals surface area (Å²) in [6.07, 6.45) is 1.10. The van der Waals surface area contributed by atoms with Crippen molar-refractivity contribution in [2.75, 3.05) is 26.2 Å². The van der Waals surface area contributed by atoms with Crippen molar-refractivity contribution in [2.45, 2.75) is 25.2 Å². The summed E-state index contributed by atoms with van der Waals surface area (Å²) in [5, 5.41) is 11.6. The Kier molecular flexibility index (Phi) is 5.79. The molecule has 0 spiro atoms. The molecule has 0 aromatic heterocycles. The first kappa shape index (κ1) is 21.5. The fourth-order valence-electron chi connectivity index (χ4n) is 5.13. The molecule has 2 aromatic carbocycles. The molecule has 3 aliphatic rings. The minimum atomic E-state index is -0.790. The van der Waals surface area contributed by atoms with E-state index in [2.05, 4.69) is 29.6 Å². The normalized spacial score (nSPS) is 21.0. The number of carbonyl (C=O) groups excluding carboxylic acids is 2. The molecule has 7 nitrogen and oxygen atoms in total. The van der Waals surface area contributed by atoms with Gasteiger partial charge in [-0.3, -0.25) is 9.59 Å². The van der Waals surface area contributed by atoms with Crippen molar-refractivity contribution in [3.63, 3.8) is 0 Å². The lowest BCUT2D eigenvalue weighted by Crippen LogP contribution is -2.51. The molecule has 7 heteroatoms. The fraction of sp³-hybridized carbons (Fsp3) is 0.423. The van der Waals surface area contributed by atoms with Gasteiger partial charge in [0.2, 0.25) is 5.91 Å². The highest BCUT2D eigenvalue weighted by Crippen LogP contribution is 2.44. The molecule has 2 fully saturated rings. The monoisotopic (exact) mass is 448 g/mol. The maximum Gasteiger partial charge on any atom is 0.407 e. The minimum absolute atomic E-state index is 0.0268. The van der Waals surface area contributed by atoms with E-state index in [-0.39, 0.29) is 36.7 Å². The van der Waals surface area contributed by atoms with Gasteiger partial charge in [0.15, 0.2) is 0 Å². The van der Waals surface area contributed by atoms with E-state index in [0.717, 1.165) is 6.42 Å². The SMILES string of the molecule is O=C(O)CCC1CN(C(=O)[C@H]2C[C@H]2CNC(=O)OCC2c3ccccc3-c3ccccc32)C1. The van der Waals surface area contributed by atoms with Crippen molar-refractivity contribution in [1.29, 1.82) is 0 Å². The molecular weight excluding hydrogens is 420 g/mol. The van der Waals surface area contributed by atoms with Crippen LogP contribution < -0.4 is 5.32 Å². The minimum Gasteiger partial charge on any atom is -0.481 e. The first-order chi connectivity index (χ1) is 16.0. The number of aliphatic carboxylic acids is 1. The topological polar surface area (TPSA) is 95.9 Å². The van der Waals surface area contributed by atoms with Crippen LogP contribution in [0.15, 0.2) is 48.5 Å². The van der Waals surface area contributed by atoms with Crippen LogP contribution in [0.25, 0.3) is 11.1 Å². The van der Waals surface area contributed by atoms with E-state index < -0.39 is 12.1 Å². The zero-order valence-electron chi connectivity index (χ0n) is 18.4. The molecule has 172 valence electrons. The quantitative estimate of drug-likeness (QED) is 0.645. The molecule has 1 heterocycles. The molecule has 2 amide bonds. The summed E-state index contributed by atoms with van der Waals surface area (Å²) in [4.78, 5) is 37.3. The summed E-state index contributed by atoms with van der Waals surface area (Å²) in [6.45, 7) is 2.01. The van der Waals surface area contributed by atoms with Gasteiger partial charge < -0.3 is 20.1 Å². The highest BCUT2D eigenvalue weighted by Gasteiger charge is 2.47. The smallest absolute Gasteiger partial charge is 0.407 e. The number of nitrogens with zero attached hydrogens (tertiary/aromatic N) is 1. The lowest BCUT2D eigenvalue weighted by atomic mass is 9.94. The Hall–Kier alpha value is -3.35. The van der Waals surface area contributed by atoms with Crippen LogP contribution in [-0.4, -0.2) is 54.2 Å². The number of fused-ring (bicyclic) bond motifs is 3. The number of amides is 2. The Morgan fingerprint density at radius 2 is 1.64 bits per heavy atom. The molecule has 1 saturated carbocycles. The summed E-state index contributed by atoms with van der Waals surface area (Å²) < 4.78 is 5.56. The molecule has 2 aromatic rings. The predicted molar refractivity (Wildman–Crippen MR) is 122 cm³/mol. The number of alkyl carbamates (subject to hydrolysis) is 1. The first-order valence-corrected chi connectivity index (χ1v) is 11.6. The second-order valence-electron chi connectivity index (χ2n) is 9.35. The number of hydrogen-bond donors (Lipinski definition) is 2. The molecule has 2 aliphatic carbocycles. The van der Waals surface area contributed by atoms with Crippen LogP contribution >= 0.6 is 0 Å². The molecule has 2 N–H and O–H groups in total. The van der Waals surface area contributed by atoms with Crippen LogP contribution in [0.4, 0.5) is 4.79 Å². The number of rotatable bonds is 8. The van der Waals surface area contributed by atoms with Crippen molar-refractivity contribution >= 4 is 18.0 Å². The van der Waals surface area contributed by atoms with Gasteiger partial charge in [0.05, 0.1) is 0 Å². The molecule has 5 rings (SSSR count). The standard InChI is InChI=1S/C26H28N2O5/c29-24(30)10-9-16-13-28(14-16)25(31)22-11-17(22)12-27-26(32)33-15-23-20-7-3-1-5-18(20)19-6-2-4-8-21(19)23/h1-8,16-17,22-23H,9-15H2,(H,27,32)(H,29,30)/t17-,22-/m0/s1. The number of carboxylic acid groups (broad SMARTS) is 1. The Morgan fingerprint density at radius 1 is 1.00 bits per heavy atom. The maximum absolute atomic E-state index is 12.5. The number of hydrogen-bond acceptors (Lipinski definition) is 4. The molecule has 1 saturated heterocycles. The summed E-state index contributed by atoms with van der Waals surface area (Å²) in [5.41, 5.74) is 4.74. The largest absolute Gasteiger partial charge is 0.481 e. The van der Waals surface area contributed by atoms with Gasteiger partial charge in [0.25, 0.3) is 0 Å². The number of likely N-dealkylation sites (tertiary alicyclic amines) is 1. The van der Waals surface area contributed by atoms with Crippen LogP contribution in [0.5, 0.6) is 0 Å². The third kappa shape index (κ3) is 4.45. The second-order valence-corrected chi connectivity index (χ2v) is 9.35. The average molecular weight is 449 g/mol. The van der Waals surface area contributed by atoms with E-state index in [4.69, 9.17) is 9.84 Å². The number of ether oxygens (including phenoxy) is 1. The molecular formula is C26H28N2O5. The van der Waals surface area contributed by atoms with Gasteiger partial charge >= 0.3 is 12.1 Å². The van der Waals surface area contributed by atoms with Gasteiger partial charge in [-0.2, -0.15) is 0 Å². The Balaban J connectivity index is 1.05. The fourth-order valence-corrected chi connectivity index (χ4v) is 5.13. The Morgan fingerprint density at radius 3 is 2.27 bits per heavy atom. The summed E-state index contributed by atoms with van der Waals surface area (Å²) in [5.74, 6) is -0.238. The Labute approximate surface area is 192 Å². The van der Waals surface area contributed by atoms with Crippen LogP contribution in [0.3, 0.4) is 0 Å². The second kappa shape index (κ2) is 8.89. The van der Waals surface area contributed by atoms with Crippen molar-refractivity contribution < 1.29 is 24.2 Å². The molecule has 0 bridgehead atoms. The van der Waals surface area contributed by atoms with E-state index in [9.17, 15) is 14.4 Å². The van der Waals surface area contributed by atoms with E-state index in [1.54, 1.807) is 0 Å². The predicted octanol–water partition coefficient (Wildman–Crippen LogP) is 3.48.